The zero-order chi connectivity index (χ0) is 16.0. The minimum Gasteiger partial charge on any atom is -0.396 e. The molecular formula is C16H31F3O2. The Bertz CT molecular complexity index is 220. The topological polar surface area (TPSA) is 29.5 Å². The van der Waals surface area contributed by atoms with Gasteiger partial charge in [0.25, 0.3) is 0 Å². The van der Waals surface area contributed by atoms with Crippen molar-refractivity contribution in [3.8, 4) is 0 Å². The van der Waals surface area contributed by atoms with E-state index in [1.165, 1.54) is 38.5 Å². The molecule has 0 rings (SSSR count). The third-order valence-corrected chi connectivity index (χ3v) is 3.57. The van der Waals surface area contributed by atoms with Gasteiger partial charge >= 0.3 is 6.18 Å². The minimum atomic E-state index is -4.37. The van der Waals surface area contributed by atoms with E-state index in [1.54, 1.807) is 0 Å². The van der Waals surface area contributed by atoms with Gasteiger partial charge in [-0.1, -0.05) is 64.7 Å². The molecule has 1 N–H and O–H groups in total. The van der Waals surface area contributed by atoms with Gasteiger partial charge in [0.15, 0.2) is 6.10 Å². The average molecular weight is 312 g/mol. The second-order valence-corrected chi connectivity index (χ2v) is 5.60. The Kier molecular flexibility index (Phi) is 13.2. The van der Waals surface area contributed by atoms with Crippen LogP contribution in [0.4, 0.5) is 13.2 Å². The average Bonchev–Trinajstić information content (AvgIpc) is 2.42. The van der Waals surface area contributed by atoms with Gasteiger partial charge in [-0.3, -0.25) is 0 Å². The molecule has 0 spiro atoms. The number of ether oxygens (including phenoxy) is 1. The number of hydrogen-bond acceptors (Lipinski definition) is 2. The van der Waals surface area contributed by atoms with Crippen LogP contribution in [0, 0.1) is 0 Å². The molecule has 2 nitrogen and oxygen atoms in total. The molecule has 1 unspecified atom stereocenters. The van der Waals surface area contributed by atoms with Gasteiger partial charge in [-0.05, 0) is 6.42 Å². The lowest BCUT2D eigenvalue weighted by Gasteiger charge is -2.19. The summed E-state index contributed by atoms with van der Waals surface area (Å²) in [5, 5.41) is 8.60. The van der Waals surface area contributed by atoms with E-state index in [9.17, 15) is 13.2 Å². The third kappa shape index (κ3) is 13.1. The molecule has 1 atom stereocenters. The van der Waals surface area contributed by atoms with E-state index in [-0.39, 0.29) is 13.0 Å². The van der Waals surface area contributed by atoms with E-state index >= 15 is 0 Å². The first-order chi connectivity index (χ1) is 10.0. The highest BCUT2D eigenvalue weighted by Gasteiger charge is 2.39. The van der Waals surface area contributed by atoms with E-state index in [0.29, 0.717) is 6.42 Å². The van der Waals surface area contributed by atoms with Gasteiger partial charge in [-0.2, -0.15) is 13.2 Å². The van der Waals surface area contributed by atoms with Crippen LogP contribution in [0.25, 0.3) is 0 Å². The second kappa shape index (κ2) is 13.4. The standard InChI is InChI=1S/C16H31F3O2/c1-2-3-4-5-6-7-8-9-10-11-14-21-15(12-13-20)16(17,18)19/h15,20H,2-14H2,1H3. The predicted molar refractivity (Wildman–Crippen MR) is 79.3 cm³/mol. The fourth-order valence-corrected chi connectivity index (χ4v) is 2.27. The summed E-state index contributed by atoms with van der Waals surface area (Å²) in [5.74, 6) is 0. The maximum absolute atomic E-state index is 12.5. The zero-order valence-electron chi connectivity index (χ0n) is 13.3. The predicted octanol–water partition coefficient (Wildman–Crippen LogP) is 5.24. The van der Waals surface area contributed by atoms with E-state index < -0.39 is 18.9 Å². The molecule has 0 amide bonds. The van der Waals surface area contributed by atoms with Crippen LogP contribution in [0.1, 0.15) is 77.6 Å². The van der Waals surface area contributed by atoms with Gasteiger partial charge in [0.2, 0.25) is 0 Å². The summed E-state index contributed by atoms with van der Waals surface area (Å²) in [6.07, 6.45) is 4.90. The van der Waals surface area contributed by atoms with Gasteiger partial charge in [-0.25, -0.2) is 0 Å². The summed E-state index contributed by atoms with van der Waals surface area (Å²) < 4.78 is 42.3. The smallest absolute Gasteiger partial charge is 0.396 e. The Morgan fingerprint density at radius 2 is 1.33 bits per heavy atom. The molecule has 0 saturated carbocycles. The van der Waals surface area contributed by atoms with Crippen LogP contribution in [0.3, 0.4) is 0 Å². The van der Waals surface area contributed by atoms with E-state index in [4.69, 9.17) is 9.84 Å². The SMILES string of the molecule is CCCCCCCCCCCCOC(CCO)C(F)(F)F. The first-order valence-electron chi connectivity index (χ1n) is 8.31. The fourth-order valence-electron chi connectivity index (χ4n) is 2.27. The maximum atomic E-state index is 12.5. The number of alkyl halides is 3. The molecule has 0 aliphatic carbocycles. The van der Waals surface area contributed by atoms with E-state index in [1.807, 2.05) is 0 Å². The van der Waals surface area contributed by atoms with Crippen LogP contribution < -0.4 is 0 Å². The lowest BCUT2D eigenvalue weighted by Crippen LogP contribution is -2.32. The van der Waals surface area contributed by atoms with Gasteiger partial charge in [0.1, 0.15) is 0 Å². The summed E-state index contributed by atoms with van der Waals surface area (Å²) in [6.45, 7) is 1.83. The molecular weight excluding hydrogens is 281 g/mol. The van der Waals surface area contributed by atoms with Crippen LogP contribution in [0.5, 0.6) is 0 Å². The first-order valence-corrected chi connectivity index (χ1v) is 8.31. The van der Waals surface area contributed by atoms with Crippen molar-refractivity contribution in [2.24, 2.45) is 0 Å². The quantitative estimate of drug-likeness (QED) is 0.445. The van der Waals surface area contributed by atoms with Gasteiger partial charge in [0.05, 0.1) is 0 Å². The highest BCUT2D eigenvalue weighted by molar-refractivity contribution is 4.67. The number of hydrogen-bond donors (Lipinski definition) is 1. The van der Waals surface area contributed by atoms with E-state index in [0.717, 1.165) is 19.3 Å². The zero-order valence-corrected chi connectivity index (χ0v) is 13.3. The van der Waals surface area contributed by atoms with Crippen molar-refractivity contribution in [3.05, 3.63) is 0 Å². The largest absolute Gasteiger partial charge is 0.414 e. The Morgan fingerprint density at radius 3 is 1.76 bits per heavy atom. The monoisotopic (exact) mass is 312 g/mol. The van der Waals surface area contributed by atoms with Gasteiger partial charge < -0.3 is 9.84 Å². The molecule has 21 heavy (non-hydrogen) atoms. The highest BCUT2D eigenvalue weighted by Crippen LogP contribution is 2.25. The van der Waals surface area contributed by atoms with Crippen LogP contribution in [0.15, 0.2) is 0 Å². The highest BCUT2D eigenvalue weighted by atomic mass is 19.4. The first kappa shape index (κ1) is 20.7. The van der Waals surface area contributed by atoms with Crippen LogP contribution in [-0.2, 0) is 4.74 Å². The third-order valence-electron chi connectivity index (χ3n) is 3.57. The number of halogens is 3. The summed E-state index contributed by atoms with van der Waals surface area (Å²) in [7, 11) is 0. The van der Waals surface area contributed by atoms with Crippen molar-refractivity contribution in [2.45, 2.75) is 89.8 Å². The maximum Gasteiger partial charge on any atom is 0.414 e. The molecule has 0 aliphatic heterocycles. The molecule has 5 heteroatoms. The van der Waals surface area contributed by atoms with Gasteiger partial charge in [-0.15, -0.1) is 0 Å². The van der Waals surface area contributed by atoms with Crippen molar-refractivity contribution in [3.63, 3.8) is 0 Å². The Morgan fingerprint density at radius 1 is 0.857 bits per heavy atom. The molecule has 0 saturated heterocycles. The molecule has 0 aromatic carbocycles. The number of unbranched alkanes of at least 4 members (excludes halogenated alkanes) is 9. The van der Waals surface area contributed by atoms with Crippen LogP contribution >= 0.6 is 0 Å². The minimum absolute atomic E-state index is 0.126. The van der Waals surface area contributed by atoms with Crippen molar-refractivity contribution < 1.29 is 23.0 Å². The Labute approximate surface area is 127 Å². The van der Waals surface area contributed by atoms with E-state index in [2.05, 4.69) is 6.92 Å². The number of rotatable bonds is 14. The van der Waals surface area contributed by atoms with Crippen molar-refractivity contribution in [1.29, 1.82) is 0 Å². The number of aliphatic hydroxyl groups excluding tert-OH is 1. The normalized spacial score (nSPS) is 13.6. The Hall–Kier alpha value is -0.290. The summed E-state index contributed by atoms with van der Waals surface area (Å²) in [4.78, 5) is 0. The lowest BCUT2D eigenvalue weighted by atomic mass is 10.1. The molecule has 0 aromatic heterocycles. The molecule has 0 aliphatic rings. The molecule has 0 heterocycles. The van der Waals surface area contributed by atoms with Gasteiger partial charge in [0, 0.05) is 19.6 Å². The molecule has 0 bridgehead atoms. The lowest BCUT2D eigenvalue weighted by molar-refractivity contribution is -0.224. The molecule has 0 aromatic rings. The summed E-state index contributed by atoms with van der Waals surface area (Å²) >= 11 is 0. The molecule has 0 fully saturated rings. The van der Waals surface area contributed by atoms with Crippen molar-refractivity contribution in [1.82, 2.24) is 0 Å². The number of aliphatic hydroxyl groups is 1. The second-order valence-electron chi connectivity index (χ2n) is 5.60. The fraction of sp³-hybridized carbons (Fsp3) is 1.00. The molecule has 0 radical (unpaired) electrons. The van der Waals surface area contributed by atoms with Crippen LogP contribution in [-0.4, -0.2) is 30.6 Å². The summed E-state index contributed by atoms with van der Waals surface area (Å²) in [5.41, 5.74) is 0. The van der Waals surface area contributed by atoms with Crippen molar-refractivity contribution in [2.75, 3.05) is 13.2 Å². The van der Waals surface area contributed by atoms with Crippen molar-refractivity contribution >= 4 is 0 Å². The molecule has 128 valence electrons. The van der Waals surface area contributed by atoms with Crippen LogP contribution in [0.2, 0.25) is 0 Å². The summed E-state index contributed by atoms with van der Waals surface area (Å²) in [6, 6.07) is 0. The Balaban J connectivity index is 3.38.